The van der Waals surface area contributed by atoms with Gasteiger partial charge in [-0.25, -0.2) is 9.59 Å². The van der Waals surface area contributed by atoms with Crippen LogP contribution in [0, 0.1) is 0 Å². The third-order valence-corrected chi connectivity index (χ3v) is 11.3. The Hall–Kier alpha value is -4.21. The van der Waals surface area contributed by atoms with Crippen molar-refractivity contribution in [3.63, 3.8) is 0 Å². The Morgan fingerprint density at radius 1 is 0.621 bits per heavy atom. The molecule has 2 fully saturated rings. The molecule has 4 aromatic rings. The minimum atomic E-state index is -0.738. The molecule has 58 heavy (non-hydrogen) atoms. The summed E-state index contributed by atoms with van der Waals surface area (Å²) < 4.78 is 9.32. The summed E-state index contributed by atoms with van der Waals surface area (Å²) in [4.78, 5) is 35.3. The van der Waals surface area contributed by atoms with Gasteiger partial charge in [0.15, 0.2) is 0 Å². The van der Waals surface area contributed by atoms with E-state index in [4.69, 9.17) is 49.5 Å². The first-order valence-corrected chi connectivity index (χ1v) is 20.6. The number of pyridine rings is 2. The van der Waals surface area contributed by atoms with Crippen molar-refractivity contribution in [2.75, 3.05) is 46.4 Å². The molecule has 0 spiro atoms. The summed E-state index contributed by atoms with van der Waals surface area (Å²) >= 11 is 17.2. The Bertz CT molecular complexity index is 2100. The summed E-state index contributed by atoms with van der Waals surface area (Å²) in [6.07, 6.45) is 11.5. The summed E-state index contributed by atoms with van der Waals surface area (Å²) in [5, 5.41) is 1.60. The monoisotopic (exact) mass is 846 g/mol. The number of hydrogen-bond donors (Lipinski definition) is 0. The highest BCUT2D eigenvalue weighted by atomic mass is 35.5. The maximum atomic E-state index is 12.0. The van der Waals surface area contributed by atoms with E-state index in [9.17, 15) is 9.59 Å². The van der Waals surface area contributed by atoms with Crippen LogP contribution in [-0.4, -0.2) is 77.7 Å². The lowest BCUT2D eigenvalue weighted by Gasteiger charge is -2.29. The number of benzene rings is 2. The van der Waals surface area contributed by atoms with E-state index in [1.807, 2.05) is 37.5 Å². The number of aryl methyl sites for hydroxylation is 4. The molecule has 2 aliphatic carbocycles. The number of carbonyl (C=O) groups excluding carboxylic acids is 2. The fraction of sp³-hybridized carbons (Fsp3) is 0.404. The molecule has 2 aliphatic heterocycles. The highest BCUT2D eigenvalue weighted by Gasteiger charge is 2.27. The first-order chi connectivity index (χ1) is 27.2. The molecule has 0 unspecified atom stereocenters. The average molecular weight is 848 g/mol. The Morgan fingerprint density at radius 2 is 1.05 bits per heavy atom. The van der Waals surface area contributed by atoms with E-state index < -0.39 is 5.43 Å². The van der Waals surface area contributed by atoms with Crippen LogP contribution in [-0.2, 0) is 35.2 Å². The van der Waals surface area contributed by atoms with Gasteiger partial charge in [0.1, 0.15) is 0 Å². The number of nitrogens with zero attached hydrogens (tertiary/aromatic N) is 4. The quantitative estimate of drug-likeness (QED) is 0.186. The number of hydrogen-bond acceptors (Lipinski definition) is 7. The van der Waals surface area contributed by atoms with Crippen LogP contribution >= 0.6 is 34.8 Å². The van der Waals surface area contributed by atoms with Crippen LogP contribution < -0.4 is 0 Å². The molecule has 2 aromatic carbocycles. The number of likely N-dealkylation sites (tertiary alicyclic amines) is 2. The molecule has 0 saturated carbocycles. The van der Waals surface area contributed by atoms with Crippen molar-refractivity contribution in [2.24, 2.45) is 0 Å². The van der Waals surface area contributed by atoms with Crippen LogP contribution in [0.5, 0.6) is 0 Å². The summed E-state index contributed by atoms with van der Waals surface area (Å²) in [7, 11) is 2.20. The van der Waals surface area contributed by atoms with E-state index in [1.54, 1.807) is 17.4 Å². The fourth-order valence-electron chi connectivity index (χ4n) is 7.94. The molecule has 0 N–H and O–H groups in total. The van der Waals surface area contributed by atoms with Crippen molar-refractivity contribution in [1.29, 1.82) is 0 Å². The maximum absolute atomic E-state index is 12.0. The Balaban J connectivity index is 0.000000220. The van der Waals surface area contributed by atoms with Crippen LogP contribution in [0.3, 0.4) is 0 Å². The first kappa shape index (κ1) is 46.5. The van der Waals surface area contributed by atoms with Gasteiger partial charge >= 0.3 is 11.5 Å². The zero-order valence-corrected chi connectivity index (χ0v) is 34.7. The van der Waals surface area contributed by atoms with E-state index in [1.165, 1.54) is 55.8 Å². The second kappa shape index (κ2) is 22.2. The van der Waals surface area contributed by atoms with Gasteiger partial charge in [-0.3, -0.25) is 9.97 Å². The van der Waals surface area contributed by atoms with E-state index in [0.717, 1.165) is 80.2 Å². The first-order valence-electron chi connectivity index (χ1n) is 19.5. The molecule has 0 atom stereocenters. The molecule has 4 heterocycles. The van der Waals surface area contributed by atoms with E-state index in [-0.39, 0.29) is 20.9 Å². The average Bonchev–Trinajstić information content (AvgIpc) is 3.46. The summed E-state index contributed by atoms with van der Waals surface area (Å²) in [6.45, 7) is 7.92. The van der Waals surface area contributed by atoms with Crippen LogP contribution in [0.1, 0.15) is 99.2 Å². The number of aromatic nitrogens is 2. The van der Waals surface area contributed by atoms with Crippen LogP contribution in [0.2, 0.25) is 10.0 Å². The molecule has 4 aliphatic rings. The second-order valence-electron chi connectivity index (χ2n) is 14.2. The zero-order chi connectivity index (χ0) is 39.6. The number of halogens is 3. The molecule has 0 bridgehead atoms. The van der Waals surface area contributed by atoms with Gasteiger partial charge < -0.3 is 19.3 Å². The maximum Gasteiger partial charge on any atom is 0.409 e. The standard InChI is InChI=1S/C22H23ClN2O2.C20H21ClN2.C3H5ClO2.2CH4/c1-2-27-22(26)25-12-9-15(10-13-25)20-19-8-7-18(23)14-17(19)6-5-16-4-3-11-24-21(16)20;1-23-11-8-14(9-12-23)19-18-7-6-17(21)13-16(18)5-4-15-3-2-10-22-20(15)19;1-2-6-3(4)5;;/h3-4,7-8,11,14H,2,5-6,9-10,12-13H2,1H3;2-3,6-7,10,13H,4-5,8-9,11-12H2,1H3;2H2,1H3;2*1H4. The van der Waals surface area contributed by atoms with E-state index in [0.29, 0.717) is 26.3 Å². The van der Waals surface area contributed by atoms with Crippen LogP contribution in [0.25, 0.3) is 11.1 Å². The van der Waals surface area contributed by atoms with Gasteiger partial charge in [0.25, 0.3) is 0 Å². The zero-order valence-electron chi connectivity index (χ0n) is 32.4. The van der Waals surface area contributed by atoms with Crippen LogP contribution in [0.15, 0.2) is 84.2 Å². The van der Waals surface area contributed by atoms with Gasteiger partial charge in [0.2, 0.25) is 0 Å². The predicted octanol–water partition coefficient (Wildman–Crippen LogP) is 11.9. The predicted molar refractivity (Wildman–Crippen MR) is 239 cm³/mol. The van der Waals surface area contributed by atoms with Crippen LogP contribution in [0.4, 0.5) is 9.59 Å². The molecule has 310 valence electrons. The lowest BCUT2D eigenvalue weighted by Crippen LogP contribution is -2.37. The fourth-order valence-corrected chi connectivity index (χ4v) is 8.44. The number of piperidine rings is 2. The largest absolute Gasteiger partial charge is 0.454 e. The topological polar surface area (TPSA) is 84.9 Å². The second-order valence-corrected chi connectivity index (χ2v) is 15.4. The van der Waals surface area contributed by atoms with Crippen molar-refractivity contribution in [3.05, 3.63) is 139 Å². The Labute approximate surface area is 360 Å². The number of rotatable bonds is 2. The van der Waals surface area contributed by atoms with Crippen molar-refractivity contribution in [3.8, 4) is 0 Å². The summed E-state index contributed by atoms with van der Waals surface area (Å²) in [5.41, 5.74) is 14.9. The molecule has 8 nitrogen and oxygen atoms in total. The molecular weight excluding hydrogens is 791 g/mol. The van der Waals surface area contributed by atoms with Gasteiger partial charge in [0.05, 0.1) is 24.6 Å². The smallest absolute Gasteiger partial charge is 0.409 e. The third kappa shape index (κ3) is 11.5. The molecule has 1 amide bonds. The lowest BCUT2D eigenvalue weighted by atomic mass is 9.88. The molecule has 2 saturated heterocycles. The third-order valence-electron chi connectivity index (χ3n) is 10.7. The molecule has 2 aromatic heterocycles. The van der Waals surface area contributed by atoms with Gasteiger partial charge in [-0.2, -0.15) is 0 Å². The minimum Gasteiger partial charge on any atom is -0.454 e. The summed E-state index contributed by atoms with van der Waals surface area (Å²) in [5.74, 6) is 0. The number of amides is 1. The summed E-state index contributed by atoms with van der Waals surface area (Å²) in [6, 6.07) is 21.0. The van der Waals surface area contributed by atoms with E-state index in [2.05, 4.69) is 59.1 Å². The molecule has 0 radical (unpaired) electrons. The molecular formula is C47H57Cl3N4O4. The highest BCUT2D eigenvalue weighted by molar-refractivity contribution is 6.61. The van der Waals surface area contributed by atoms with Crippen molar-refractivity contribution < 1.29 is 19.1 Å². The van der Waals surface area contributed by atoms with Crippen molar-refractivity contribution >= 4 is 57.5 Å². The molecule has 11 heteroatoms. The van der Waals surface area contributed by atoms with E-state index >= 15 is 0 Å². The van der Waals surface area contributed by atoms with Gasteiger partial charge in [-0.05, 0) is 142 Å². The number of ether oxygens (including phenoxy) is 2. The number of carbonyl (C=O) groups is 2. The van der Waals surface area contributed by atoms with Gasteiger partial charge in [-0.15, -0.1) is 0 Å². The lowest BCUT2D eigenvalue weighted by molar-refractivity contribution is 0.104. The normalized spacial score (nSPS) is 15.7. The van der Waals surface area contributed by atoms with Gasteiger partial charge in [0, 0.05) is 71.4 Å². The minimum absolute atomic E-state index is 0. The highest BCUT2D eigenvalue weighted by Crippen LogP contribution is 2.40. The SMILES string of the molecule is C.C.CCOC(=O)Cl.CCOC(=O)N1CCC(=C2c3ccc(Cl)cc3CCc3cccnc32)CC1.CN1CCC(=C2c3ccc(Cl)cc3CCc3cccnc32)CC1. The van der Waals surface area contributed by atoms with Gasteiger partial charge in [-0.1, -0.05) is 73.5 Å². The Morgan fingerprint density at radius 3 is 1.47 bits per heavy atom. The van der Waals surface area contributed by atoms with Crippen molar-refractivity contribution in [1.82, 2.24) is 19.8 Å². The molecule has 8 rings (SSSR count). The Kier molecular flexibility index (Phi) is 17.8. The number of fused-ring (bicyclic) bond motifs is 4. The van der Waals surface area contributed by atoms with Crippen molar-refractivity contribution in [2.45, 2.75) is 80.1 Å².